The first-order chi connectivity index (χ1) is 10.3. The van der Waals surface area contributed by atoms with Gasteiger partial charge in [0.05, 0.1) is 12.1 Å². The summed E-state index contributed by atoms with van der Waals surface area (Å²) in [6.07, 6.45) is 3.45. The van der Waals surface area contributed by atoms with Crippen molar-refractivity contribution in [3.05, 3.63) is 48.8 Å². The number of benzene rings is 1. The number of likely N-dealkylation sites (N-methyl/N-ethyl adjacent to an activating group) is 1. The number of aliphatic hydroxyl groups excluding tert-OH is 1. The molecule has 0 radical (unpaired) electrons. The average Bonchev–Trinajstić information content (AvgIpc) is 2.55. The van der Waals surface area contributed by atoms with Gasteiger partial charge in [-0.3, -0.25) is 4.98 Å². The number of fused-ring (bicyclic) bond motifs is 1. The van der Waals surface area contributed by atoms with Crippen LogP contribution in [0.2, 0.25) is 0 Å². The second-order valence-corrected chi connectivity index (χ2v) is 4.77. The molecule has 0 bridgehead atoms. The maximum atomic E-state index is 9.16. The number of pyridine rings is 1. The van der Waals surface area contributed by atoms with Gasteiger partial charge in [-0.05, 0) is 24.3 Å². The summed E-state index contributed by atoms with van der Waals surface area (Å²) in [5.74, 6) is 1.48. The molecule has 5 nitrogen and oxygen atoms in total. The van der Waals surface area contributed by atoms with E-state index in [-0.39, 0.29) is 6.61 Å². The Bertz CT molecular complexity index is 746. The Kier molecular flexibility index (Phi) is 3.75. The predicted molar refractivity (Wildman–Crippen MR) is 83.1 cm³/mol. The van der Waals surface area contributed by atoms with Crippen LogP contribution in [0.5, 0.6) is 0 Å². The van der Waals surface area contributed by atoms with Gasteiger partial charge in [-0.2, -0.15) is 0 Å². The standard InChI is InChI=1S/C16H16N4O/c1-20(10-11-21)16-13-4-2-3-5-14(13)18-15(19-16)12-6-8-17-9-7-12/h2-9,21H,10-11H2,1H3. The third-order valence-corrected chi connectivity index (χ3v) is 3.32. The van der Waals surface area contributed by atoms with Crippen LogP contribution in [-0.2, 0) is 0 Å². The van der Waals surface area contributed by atoms with Crippen molar-refractivity contribution in [1.82, 2.24) is 15.0 Å². The summed E-state index contributed by atoms with van der Waals surface area (Å²) in [7, 11) is 1.92. The zero-order chi connectivity index (χ0) is 14.7. The van der Waals surface area contributed by atoms with Gasteiger partial charge >= 0.3 is 0 Å². The van der Waals surface area contributed by atoms with E-state index in [4.69, 9.17) is 5.11 Å². The topological polar surface area (TPSA) is 62.1 Å². The van der Waals surface area contributed by atoms with Gasteiger partial charge in [0.2, 0.25) is 0 Å². The minimum absolute atomic E-state index is 0.0828. The van der Waals surface area contributed by atoms with Crippen molar-refractivity contribution < 1.29 is 5.11 Å². The van der Waals surface area contributed by atoms with Crippen LogP contribution < -0.4 is 4.90 Å². The Morgan fingerprint density at radius 1 is 1.05 bits per heavy atom. The average molecular weight is 280 g/mol. The van der Waals surface area contributed by atoms with Crippen molar-refractivity contribution in [2.45, 2.75) is 0 Å². The fraction of sp³-hybridized carbons (Fsp3) is 0.188. The summed E-state index contributed by atoms with van der Waals surface area (Å²) in [5, 5.41) is 10.1. The van der Waals surface area contributed by atoms with E-state index in [1.54, 1.807) is 12.4 Å². The first-order valence-corrected chi connectivity index (χ1v) is 6.79. The number of nitrogens with zero attached hydrogens (tertiary/aromatic N) is 4. The summed E-state index contributed by atoms with van der Waals surface area (Å²) in [5.41, 5.74) is 1.81. The molecule has 21 heavy (non-hydrogen) atoms. The van der Waals surface area contributed by atoms with Gasteiger partial charge in [0.1, 0.15) is 5.82 Å². The van der Waals surface area contributed by atoms with Crippen LogP contribution >= 0.6 is 0 Å². The molecule has 0 atom stereocenters. The van der Waals surface area contributed by atoms with Gasteiger partial charge in [-0.1, -0.05) is 12.1 Å². The zero-order valence-corrected chi connectivity index (χ0v) is 11.8. The quantitative estimate of drug-likeness (QED) is 0.793. The number of rotatable bonds is 4. The van der Waals surface area contributed by atoms with Crippen LogP contribution in [-0.4, -0.2) is 40.3 Å². The van der Waals surface area contributed by atoms with Crippen molar-refractivity contribution in [2.75, 3.05) is 25.1 Å². The molecule has 106 valence electrons. The SMILES string of the molecule is CN(CCO)c1nc(-c2ccncc2)nc2ccccc12. The molecular weight excluding hydrogens is 264 g/mol. The maximum absolute atomic E-state index is 9.16. The molecule has 0 fully saturated rings. The van der Waals surface area contributed by atoms with E-state index < -0.39 is 0 Å². The molecule has 0 saturated heterocycles. The molecule has 2 heterocycles. The maximum Gasteiger partial charge on any atom is 0.162 e. The number of anilines is 1. The first kappa shape index (κ1) is 13.5. The number of aromatic nitrogens is 3. The fourth-order valence-corrected chi connectivity index (χ4v) is 2.24. The largest absolute Gasteiger partial charge is 0.395 e. The van der Waals surface area contributed by atoms with Gasteiger partial charge in [-0.15, -0.1) is 0 Å². The smallest absolute Gasteiger partial charge is 0.162 e. The lowest BCUT2D eigenvalue weighted by Crippen LogP contribution is -2.22. The molecule has 5 heteroatoms. The van der Waals surface area contributed by atoms with E-state index in [0.29, 0.717) is 12.4 Å². The molecule has 2 aromatic heterocycles. The van der Waals surface area contributed by atoms with E-state index in [0.717, 1.165) is 22.3 Å². The van der Waals surface area contributed by atoms with E-state index in [1.165, 1.54) is 0 Å². The summed E-state index contributed by atoms with van der Waals surface area (Å²) in [6, 6.07) is 11.7. The molecule has 0 saturated carbocycles. The van der Waals surface area contributed by atoms with Gasteiger partial charge in [0, 0.05) is 36.9 Å². The van der Waals surface area contributed by atoms with Crippen molar-refractivity contribution in [3.63, 3.8) is 0 Å². The van der Waals surface area contributed by atoms with E-state index in [9.17, 15) is 0 Å². The molecule has 1 N–H and O–H groups in total. The van der Waals surface area contributed by atoms with Crippen LogP contribution in [0.3, 0.4) is 0 Å². The highest BCUT2D eigenvalue weighted by molar-refractivity contribution is 5.90. The number of para-hydroxylation sites is 1. The lowest BCUT2D eigenvalue weighted by atomic mass is 10.2. The lowest BCUT2D eigenvalue weighted by Gasteiger charge is -2.19. The molecule has 0 amide bonds. The van der Waals surface area contributed by atoms with Crippen molar-refractivity contribution in [1.29, 1.82) is 0 Å². The Hall–Kier alpha value is -2.53. The summed E-state index contributed by atoms with van der Waals surface area (Å²) in [6.45, 7) is 0.607. The summed E-state index contributed by atoms with van der Waals surface area (Å²) in [4.78, 5) is 15.2. The van der Waals surface area contributed by atoms with Gasteiger partial charge < -0.3 is 10.0 Å². The molecule has 0 aliphatic heterocycles. The van der Waals surface area contributed by atoms with Gasteiger partial charge in [0.25, 0.3) is 0 Å². The highest BCUT2D eigenvalue weighted by atomic mass is 16.3. The van der Waals surface area contributed by atoms with Crippen molar-refractivity contribution in [2.24, 2.45) is 0 Å². The van der Waals surface area contributed by atoms with Crippen LogP contribution in [0, 0.1) is 0 Å². The Labute approximate surface area is 122 Å². The van der Waals surface area contributed by atoms with Gasteiger partial charge in [-0.25, -0.2) is 9.97 Å². The van der Waals surface area contributed by atoms with Crippen LogP contribution in [0.15, 0.2) is 48.8 Å². The summed E-state index contributed by atoms with van der Waals surface area (Å²) >= 11 is 0. The predicted octanol–water partition coefficient (Wildman–Crippen LogP) is 2.12. The molecule has 0 unspecified atom stereocenters. The molecule has 3 aromatic rings. The monoisotopic (exact) mass is 280 g/mol. The van der Waals surface area contributed by atoms with Crippen molar-refractivity contribution >= 4 is 16.7 Å². The number of hydrogen-bond donors (Lipinski definition) is 1. The van der Waals surface area contributed by atoms with Crippen molar-refractivity contribution in [3.8, 4) is 11.4 Å². The highest BCUT2D eigenvalue weighted by Gasteiger charge is 2.12. The normalized spacial score (nSPS) is 10.8. The Morgan fingerprint density at radius 2 is 1.81 bits per heavy atom. The Morgan fingerprint density at radius 3 is 2.57 bits per heavy atom. The molecule has 0 spiro atoms. The lowest BCUT2D eigenvalue weighted by molar-refractivity contribution is 0.304. The number of aliphatic hydroxyl groups is 1. The second-order valence-electron chi connectivity index (χ2n) is 4.77. The minimum atomic E-state index is 0.0828. The fourth-order valence-electron chi connectivity index (χ4n) is 2.24. The number of hydrogen-bond acceptors (Lipinski definition) is 5. The third kappa shape index (κ3) is 2.68. The van der Waals surface area contributed by atoms with Crippen LogP contribution in [0.25, 0.3) is 22.3 Å². The van der Waals surface area contributed by atoms with E-state index in [1.807, 2.05) is 48.3 Å². The van der Waals surface area contributed by atoms with E-state index in [2.05, 4.69) is 15.0 Å². The molecule has 1 aromatic carbocycles. The molecule has 0 aliphatic rings. The highest BCUT2D eigenvalue weighted by Crippen LogP contribution is 2.26. The minimum Gasteiger partial charge on any atom is -0.395 e. The summed E-state index contributed by atoms with van der Waals surface area (Å²) < 4.78 is 0. The molecule has 0 aliphatic carbocycles. The zero-order valence-electron chi connectivity index (χ0n) is 11.8. The molecule has 3 rings (SSSR count). The Balaban J connectivity index is 2.19. The third-order valence-electron chi connectivity index (χ3n) is 3.32. The first-order valence-electron chi connectivity index (χ1n) is 6.79. The van der Waals surface area contributed by atoms with E-state index >= 15 is 0 Å². The van der Waals surface area contributed by atoms with Crippen LogP contribution in [0.1, 0.15) is 0 Å². The van der Waals surface area contributed by atoms with Crippen LogP contribution in [0.4, 0.5) is 5.82 Å². The van der Waals surface area contributed by atoms with Gasteiger partial charge in [0.15, 0.2) is 5.82 Å². The second kappa shape index (κ2) is 5.85. The molecular formula is C16H16N4O.